The lowest BCUT2D eigenvalue weighted by atomic mass is 10.3. The number of anilines is 2. The van der Waals surface area contributed by atoms with E-state index in [9.17, 15) is 10.1 Å². The second-order valence-electron chi connectivity index (χ2n) is 4.90. The standard InChI is InChI=1S/C17H18N4O3S/c1-18-16(19-12-6-4-3-5-7-12)15(21(22)23)17(25)20-13-8-10-14(24-2)11-9-13/h3-11,18-19H,1-2H3,(H,20,25)/b16-15-. The molecule has 0 aromatic heterocycles. The van der Waals surface area contributed by atoms with Gasteiger partial charge in [0.2, 0.25) is 0 Å². The Bertz CT molecular complexity index is 776. The van der Waals surface area contributed by atoms with Gasteiger partial charge in [0.25, 0.3) is 0 Å². The van der Waals surface area contributed by atoms with Crippen LogP contribution in [0.3, 0.4) is 0 Å². The molecule has 7 nitrogen and oxygen atoms in total. The summed E-state index contributed by atoms with van der Waals surface area (Å²) in [4.78, 5) is 11.0. The highest BCUT2D eigenvalue weighted by molar-refractivity contribution is 7.81. The molecule has 0 radical (unpaired) electrons. The maximum Gasteiger partial charge on any atom is 0.343 e. The lowest BCUT2D eigenvalue weighted by molar-refractivity contribution is -0.416. The first-order valence-corrected chi connectivity index (χ1v) is 7.80. The molecule has 0 heterocycles. The number of ether oxygens (including phenoxy) is 1. The Hall–Kier alpha value is -3.13. The van der Waals surface area contributed by atoms with E-state index in [-0.39, 0.29) is 16.5 Å². The van der Waals surface area contributed by atoms with E-state index in [1.165, 1.54) is 0 Å². The van der Waals surface area contributed by atoms with E-state index < -0.39 is 4.92 Å². The zero-order chi connectivity index (χ0) is 18.2. The Morgan fingerprint density at radius 2 is 1.64 bits per heavy atom. The quantitative estimate of drug-likeness (QED) is 0.303. The van der Waals surface area contributed by atoms with Crippen LogP contribution in [0.2, 0.25) is 0 Å². The molecule has 0 saturated carbocycles. The molecule has 2 aromatic carbocycles. The predicted molar refractivity (Wildman–Crippen MR) is 102 cm³/mol. The summed E-state index contributed by atoms with van der Waals surface area (Å²) in [5, 5.41) is 20.2. The molecule has 0 aliphatic rings. The van der Waals surface area contributed by atoms with E-state index in [2.05, 4.69) is 16.0 Å². The number of hydrogen-bond acceptors (Lipinski definition) is 6. The van der Waals surface area contributed by atoms with E-state index in [0.717, 1.165) is 0 Å². The highest BCUT2D eigenvalue weighted by atomic mass is 32.1. The molecule has 0 atom stereocenters. The number of nitrogens with one attached hydrogen (secondary N) is 3. The predicted octanol–water partition coefficient (Wildman–Crippen LogP) is 3.21. The molecular weight excluding hydrogens is 340 g/mol. The van der Waals surface area contributed by atoms with Gasteiger partial charge in [-0.1, -0.05) is 30.4 Å². The monoisotopic (exact) mass is 358 g/mol. The average molecular weight is 358 g/mol. The van der Waals surface area contributed by atoms with Crippen LogP contribution in [0.1, 0.15) is 0 Å². The molecule has 2 aromatic rings. The molecule has 25 heavy (non-hydrogen) atoms. The Morgan fingerprint density at radius 1 is 1.04 bits per heavy atom. The summed E-state index contributed by atoms with van der Waals surface area (Å²) in [6.07, 6.45) is 0. The third-order valence-corrected chi connectivity index (χ3v) is 3.57. The normalized spacial score (nSPS) is 11.1. The zero-order valence-electron chi connectivity index (χ0n) is 13.8. The van der Waals surface area contributed by atoms with Gasteiger partial charge in [-0.15, -0.1) is 0 Å². The fourth-order valence-electron chi connectivity index (χ4n) is 2.06. The van der Waals surface area contributed by atoms with Gasteiger partial charge in [-0.05, 0) is 36.4 Å². The first kappa shape index (κ1) is 18.2. The van der Waals surface area contributed by atoms with Gasteiger partial charge in [0.15, 0.2) is 10.8 Å². The van der Waals surface area contributed by atoms with Crippen molar-refractivity contribution < 1.29 is 9.66 Å². The number of nitrogens with zero attached hydrogens (tertiary/aromatic N) is 1. The first-order valence-electron chi connectivity index (χ1n) is 7.39. The Balaban J connectivity index is 2.26. The summed E-state index contributed by atoms with van der Waals surface area (Å²) in [6, 6.07) is 16.1. The highest BCUT2D eigenvalue weighted by Gasteiger charge is 2.24. The van der Waals surface area contributed by atoms with E-state index in [1.807, 2.05) is 18.2 Å². The third kappa shape index (κ3) is 4.92. The van der Waals surface area contributed by atoms with Crippen LogP contribution in [0.15, 0.2) is 66.1 Å². The number of hydrogen-bond donors (Lipinski definition) is 3. The maximum absolute atomic E-state index is 11.5. The Labute approximate surface area is 150 Å². The van der Waals surface area contributed by atoms with E-state index >= 15 is 0 Å². The van der Waals surface area contributed by atoms with Crippen molar-refractivity contribution in [2.24, 2.45) is 0 Å². The second kappa shape index (κ2) is 8.65. The fourth-order valence-corrected chi connectivity index (χ4v) is 2.35. The van der Waals surface area contributed by atoms with E-state index in [4.69, 9.17) is 17.0 Å². The lowest BCUT2D eigenvalue weighted by Crippen LogP contribution is -2.27. The number of thiocarbonyl (C=S) groups is 1. The number of rotatable bonds is 7. The third-order valence-electron chi connectivity index (χ3n) is 3.28. The summed E-state index contributed by atoms with van der Waals surface area (Å²) in [5.74, 6) is 0.880. The number of para-hydroxylation sites is 1. The van der Waals surface area contributed by atoms with Crippen molar-refractivity contribution in [2.75, 3.05) is 24.8 Å². The van der Waals surface area contributed by atoms with Crippen LogP contribution in [0.25, 0.3) is 0 Å². The van der Waals surface area contributed by atoms with Crippen LogP contribution in [-0.2, 0) is 0 Å². The molecule has 0 bridgehead atoms. The van der Waals surface area contributed by atoms with Gasteiger partial charge in [0, 0.05) is 18.4 Å². The van der Waals surface area contributed by atoms with Crippen molar-refractivity contribution in [3.05, 3.63) is 76.2 Å². The highest BCUT2D eigenvalue weighted by Crippen LogP contribution is 2.18. The number of benzene rings is 2. The van der Waals surface area contributed by atoms with Gasteiger partial charge >= 0.3 is 5.70 Å². The zero-order valence-corrected chi connectivity index (χ0v) is 14.6. The van der Waals surface area contributed by atoms with Gasteiger partial charge < -0.3 is 20.7 Å². The van der Waals surface area contributed by atoms with Crippen molar-refractivity contribution in [1.29, 1.82) is 0 Å². The maximum atomic E-state index is 11.5. The summed E-state index contributed by atoms with van der Waals surface area (Å²) < 4.78 is 5.08. The van der Waals surface area contributed by atoms with Gasteiger partial charge in [0.1, 0.15) is 5.75 Å². The van der Waals surface area contributed by atoms with Crippen molar-refractivity contribution in [1.82, 2.24) is 5.32 Å². The summed E-state index contributed by atoms with van der Waals surface area (Å²) >= 11 is 5.23. The molecule has 0 amide bonds. The van der Waals surface area contributed by atoms with E-state index in [0.29, 0.717) is 17.1 Å². The molecule has 0 aliphatic heterocycles. The van der Waals surface area contributed by atoms with Gasteiger partial charge in [0.05, 0.1) is 12.0 Å². The van der Waals surface area contributed by atoms with Crippen LogP contribution < -0.4 is 20.7 Å². The molecular formula is C17H18N4O3S. The topological polar surface area (TPSA) is 88.5 Å². The second-order valence-corrected chi connectivity index (χ2v) is 5.31. The molecule has 130 valence electrons. The molecule has 8 heteroatoms. The van der Waals surface area contributed by atoms with Crippen LogP contribution in [0.5, 0.6) is 5.75 Å². The van der Waals surface area contributed by atoms with Crippen molar-refractivity contribution in [2.45, 2.75) is 0 Å². The summed E-state index contributed by atoms with van der Waals surface area (Å²) in [7, 11) is 3.15. The number of nitro groups is 1. The molecule has 0 spiro atoms. The molecule has 3 N–H and O–H groups in total. The van der Waals surface area contributed by atoms with Crippen LogP contribution in [0, 0.1) is 10.1 Å². The molecule has 0 fully saturated rings. The lowest BCUT2D eigenvalue weighted by Gasteiger charge is -2.13. The van der Waals surface area contributed by atoms with Crippen molar-refractivity contribution in [3.63, 3.8) is 0 Å². The van der Waals surface area contributed by atoms with Gasteiger partial charge in [-0.25, -0.2) is 0 Å². The molecule has 0 unspecified atom stereocenters. The fraction of sp³-hybridized carbons (Fsp3) is 0.118. The van der Waals surface area contributed by atoms with Gasteiger partial charge in [-0.2, -0.15) is 0 Å². The average Bonchev–Trinajstić information content (AvgIpc) is 2.62. The van der Waals surface area contributed by atoms with Crippen LogP contribution in [0.4, 0.5) is 11.4 Å². The van der Waals surface area contributed by atoms with Gasteiger partial charge in [-0.3, -0.25) is 10.1 Å². The van der Waals surface area contributed by atoms with Crippen LogP contribution in [-0.4, -0.2) is 24.1 Å². The first-order chi connectivity index (χ1) is 12.0. The van der Waals surface area contributed by atoms with Crippen molar-refractivity contribution >= 4 is 28.6 Å². The molecule has 0 saturated heterocycles. The SMILES string of the molecule is CN/C(Nc1ccccc1)=C(\C(=S)Nc1ccc(OC)cc1)[N+](=O)[O-]. The van der Waals surface area contributed by atoms with E-state index in [1.54, 1.807) is 50.6 Å². The molecule has 2 rings (SSSR count). The summed E-state index contributed by atoms with van der Waals surface area (Å²) in [6.45, 7) is 0. The summed E-state index contributed by atoms with van der Waals surface area (Å²) in [5.41, 5.74) is 1.08. The van der Waals surface area contributed by atoms with Crippen LogP contribution >= 0.6 is 12.2 Å². The minimum atomic E-state index is -0.527. The Morgan fingerprint density at radius 3 is 2.16 bits per heavy atom. The molecule has 0 aliphatic carbocycles. The Kier molecular flexibility index (Phi) is 6.30. The number of methoxy groups -OCH3 is 1. The minimum absolute atomic E-state index is 0.0112. The smallest absolute Gasteiger partial charge is 0.343 e. The minimum Gasteiger partial charge on any atom is -0.497 e. The van der Waals surface area contributed by atoms with Crippen molar-refractivity contribution in [3.8, 4) is 5.75 Å². The largest absolute Gasteiger partial charge is 0.497 e.